The van der Waals surface area contributed by atoms with E-state index in [4.69, 9.17) is 0 Å². The topological polar surface area (TPSA) is 53.9 Å². The van der Waals surface area contributed by atoms with Crippen molar-refractivity contribution in [2.75, 3.05) is 32.7 Å². The molecule has 2 amide bonds. The van der Waals surface area contributed by atoms with Gasteiger partial charge in [-0.15, -0.1) is 0 Å². The normalized spacial score (nSPS) is 14.8. The summed E-state index contributed by atoms with van der Waals surface area (Å²) in [4.78, 5) is 27.6. The molecular weight excluding hydrogens is 345 g/mol. The first-order chi connectivity index (χ1) is 13.0. The van der Waals surface area contributed by atoms with Crippen molar-refractivity contribution in [3.05, 3.63) is 71.0 Å². The maximum atomic E-state index is 13.6. The number of piperazine rings is 1. The highest BCUT2D eigenvalue weighted by Gasteiger charge is 2.24. The van der Waals surface area contributed by atoms with Gasteiger partial charge in [0.1, 0.15) is 12.4 Å². The molecule has 1 aliphatic heterocycles. The highest BCUT2D eigenvalue weighted by Crippen LogP contribution is 2.06. The van der Waals surface area contributed by atoms with Crippen LogP contribution < -0.4 is 10.2 Å². The molecule has 0 radical (unpaired) electrons. The fourth-order valence-corrected chi connectivity index (χ4v) is 3.34. The summed E-state index contributed by atoms with van der Waals surface area (Å²) in [5, 5.41) is 2.52. The average Bonchev–Trinajstić information content (AvgIpc) is 2.68. The Balaban J connectivity index is 1.45. The Bertz CT molecular complexity index is 817. The van der Waals surface area contributed by atoms with E-state index in [1.165, 1.54) is 34.2 Å². The molecular formula is C21H25FN3O2+. The third kappa shape index (κ3) is 4.92. The minimum absolute atomic E-state index is 0.0437. The maximum Gasteiger partial charge on any atom is 0.254 e. The minimum Gasteiger partial charge on any atom is -0.343 e. The number of quaternary nitrogens is 1. The first-order valence-electron chi connectivity index (χ1n) is 9.23. The first kappa shape index (κ1) is 19.0. The molecule has 27 heavy (non-hydrogen) atoms. The quantitative estimate of drug-likeness (QED) is 0.818. The fraction of sp³-hybridized carbons (Fsp3) is 0.333. The third-order valence-corrected chi connectivity index (χ3v) is 5.04. The molecule has 3 rings (SSSR count). The van der Waals surface area contributed by atoms with Crippen molar-refractivity contribution in [3.8, 4) is 0 Å². The van der Waals surface area contributed by atoms with E-state index in [1.807, 2.05) is 6.07 Å². The number of carbonyl (C=O) groups excluding carboxylic acids is 2. The van der Waals surface area contributed by atoms with Gasteiger partial charge in [-0.25, -0.2) is 4.39 Å². The van der Waals surface area contributed by atoms with Crippen molar-refractivity contribution in [2.45, 2.75) is 13.5 Å². The molecule has 5 nitrogen and oxygen atoms in total. The number of benzene rings is 2. The molecule has 0 unspecified atom stereocenters. The molecule has 6 heteroatoms. The van der Waals surface area contributed by atoms with E-state index < -0.39 is 11.7 Å². The predicted octanol–water partition coefficient (Wildman–Crippen LogP) is 0.791. The third-order valence-electron chi connectivity index (χ3n) is 5.04. The van der Waals surface area contributed by atoms with Crippen molar-refractivity contribution in [1.29, 1.82) is 0 Å². The lowest BCUT2D eigenvalue weighted by atomic mass is 10.1. The molecule has 0 spiro atoms. The van der Waals surface area contributed by atoms with Gasteiger partial charge in [0.15, 0.2) is 0 Å². The van der Waals surface area contributed by atoms with Gasteiger partial charge in [-0.2, -0.15) is 0 Å². The van der Waals surface area contributed by atoms with Crippen molar-refractivity contribution < 1.29 is 18.9 Å². The summed E-state index contributed by atoms with van der Waals surface area (Å²) < 4.78 is 13.6. The number of aryl methyl sites for hydroxylation is 1. The Morgan fingerprint density at radius 2 is 1.74 bits per heavy atom. The van der Waals surface area contributed by atoms with E-state index in [9.17, 15) is 14.0 Å². The lowest BCUT2D eigenvalue weighted by Crippen LogP contribution is -3.13. The van der Waals surface area contributed by atoms with Gasteiger partial charge >= 0.3 is 0 Å². The van der Waals surface area contributed by atoms with Gasteiger partial charge in [0.25, 0.3) is 5.91 Å². The second-order valence-corrected chi connectivity index (χ2v) is 6.90. The van der Waals surface area contributed by atoms with Crippen LogP contribution >= 0.6 is 0 Å². The number of rotatable bonds is 5. The van der Waals surface area contributed by atoms with Crippen LogP contribution in [-0.2, 0) is 11.3 Å². The van der Waals surface area contributed by atoms with Crippen LogP contribution in [0.1, 0.15) is 21.5 Å². The van der Waals surface area contributed by atoms with E-state index in [0.29, 0.717) is 13.1 Å². The molecule has 2 aromatic carbocycles. The van der Waals surface area contributed by atoms with Crippen LogP contribution in [0, 0.1) is 12.7 Å². The van der Waals surface area contributed by atoms with E-state index in [-0.39, 0.29) is 18.0 Å². The minimum atomic E-state index is -0.587. The van der Waals surface area contributed by atoms with E-state index in [0.717, 1.165) is 19.6 Å². The first-order valence-corrected chi connectivity index (χ1v) is 9.23. The zero-order valence-corrected chi connectivity index (χ0v) is 15.5. The molecule has 0 atom stereocenters. The van der Waals surface area contributed by atoms with Crippen LogP contribution in [0.4, 0.5) is 4.39 Å². The Hall–Kier alpha value is -2.73. The molecule has 0 aromatic heterocycles. The largest absolute Gasteiger partial charge is 0.343 e. The number of carbonyl (C=O) groups is 2. The molecule has 1 saturated heterocycles. The average molecular weight is 370 g/mol. The lowest BCUT2D eigenvalue weighted by molar-refractivity contribution is -0.917. The number of nitrogens with zero attached hydrogens (tertiary/aromatic N) is 1. The summed E-state index contributed by atoms with van der Waals surface area (Å²) in [5.74, 6) is -1.28. The van der Waals surface area contributed by atoms with Crippen LogP contribution in [0.3, 0.4) is 0 Å². The zero-order chi connectivity index (χ0) is 19.2. The summed E-state index contributed by atoms with van der Waals surface area (Å²) in [7, 11) is 0. The maximum absolute atomic E-state index is 13.6. The standard InChI is InChI=1S/C21H24FN3O2/c1-16-6-2-3-7-17(16)15-24-10-12-25(13-11-24)20(26)14-23-21(27)18-8-4-5-9-19(18)22/h2-9H,10-15H2,1H3,(H,23,27)/p+1. The molecule has 0 bridgehead atoms. The molecule has 2 N–H and O–H groups in total. The van der Waals surface area contributed by atoms with Crippen LogP contribution in [0.2, 0.25) is 0 Å². The lowest BCUT2D eigenvalue weighted by Gasteiger charge is -2.32. The van der Waals surface area contributed by atoms with E-state index in [2.05, 4.69) is 30.4 Å². The number of amides is 2. The van der Waals surface area contributed by atoms with Gasteiger partial charge in [-0.1, -0.05) is 36.4 Å². The Morgan fingerprint density at radius 1 is 1.07 bits per heavy atom. The number of nitrogens with one attached hydrogen (secondary N) is 2. The number of hydrogen-bond acceptors (Lipinski definition) is 2. The van der Waals surface area contributed by atoms with Crippen molar-refractivity contribution in [2.24, 2.45) is 0 Å². The monoisotopic (exact) mass is 370 g/mol. The second-order valence-electron chi connectivity index (χ2n) is 6.90. The molecule has 1 aliphatic rings. The van der Waals surface area contributed by atoms with Gasteiger partial charge in [-0.05, 0) is 24.6 Å². The Labute approximate surface area is 158 Å². The van der Waals surface area contributed by atoms with Crippen LogP contribution in [0.15, 0.2) is 48.5 Å². The summed E-state index contributed by atoms with van der Waals surface area (Å²) in [6.45, 7) is 6.04. The molecule has 2 aromatic rings. The van der Waals surface area contributed by atoms with Crippen molar-refractivity contribution in [3.63, 3.8) is 0 Å². The molecule has 0 saturated carbocycles. The van der Waals surface area contributed by atoms with Crippen LogP contribution in [0.25, 0.3) is 0 Å². The van der Waals surface area contributed by atoms with Gasteiger partial charge in [0.2, 0.25) is 5.91 Å². The molecule has 0 aliphatic carbocycles. The smallest absolute Gasteiger partial charge is 0.254 e. The molecule has 142 valence electrons. The highest BCUT2D eigenvalue weighted by molar-refractivity contribution is 5.96. The second kappa shape index (κ2) is 8.77. The van der Waals surface area contributed by atoms with Gasteiger partial charge < -0.3 is 15.1 Å². The van der Waals surface area contributed by atoms with Gasteiger partial charge in [-0.3, -0.25) is 9.59 Å². The fourth-order valence-electron chi connectivity index (χ4n) is 3.34. The Kier molecular flexibility index (Phi) is 6.19. The SMILES string of the molecule is Cc1ccccc1C[NH+]1CCN(C(=O)CNC(=O)c2ccccc2F)CC1. The summed E-state index contributed by atoms with van der Waals surface area (Å²) in [6.07, 6.45) is 0. The highest BCUT2D eigenvalue weighted by atomic mass is 19.1. The van der Waals surface area contributed by atoms with Crippen LogP contribution in [0.5, 0.6) is 0 Å². The zero-order valence-electron chi connectivity index (χ0n) is 15.5. The van der Waals surface area contributed by atoms with Crippen molar-refractivity contribution in [1.82, 2.24) is 10.2 Å². The van der Waals surface area contributed by atoms with Crippen molar-refractivity contribution >= 4 is 11.8 Å². The number of halogens is 1. The van der Waals surface area contributed by atoms with E-state index in [1.54, 1.807) is 11.0 Å². The van der Waals surface area contributed by atoms with Gasteiger partial charge in [0, 0.05) is 5.56 Å². The van der Waals surface area contributed by atoms with E-state index >= 15 is 0 Å². The molecule has 1 heterocycles. The Morgan fingerprint density at radius 3 is 2.44 bits per heavy atom. The molecule has 1 fully saturated rings. The predicted molar refractivity (Wildman–Crippen MR) is 101 cm³/mol. The number of hydrogen-bond donors (Lipinski definition) is 2. The van der Waals surface area contributed by atoms with Gasteiger partial charge in [0.05, 0.1) is 38.3 Å². The van der Waals surface area contributed by atoms with Crippen LogP contribution in [-0.4, -0.2) is 49.4 Å². The summed E-state index contributed by atoms with van der Waals surface area (Å²) >= 11 is 0. The summed E-state index contributed by atoms with van der Waals surface area (Å²) in [5.41, 5.74) is 2.58. The summed E-state index contributed by atoms with van der Waals surface area (Å²) in [6, 6.07) is 14.1.